The molecule has 118 valence electrons. The Balaban J connectivity index is 1.93. The van der Waals surface area contributed by atoms with Crippen LogP contribution in [0.1, 0.15) is 11.1 Å². The smallest absolute Gasteiger partial charge is 0.267 e. The van der Waals surface area contributed by atoms with Gasteiger partial charge in [0.15, 0.2) is 5.66 Å². The maximum absolute atomic E-state index is 13.3. The number of benzene rings is 3. The lowest BCUT2D eigenvalue weighted by Gasteiger charge is -2.33. The zero-order chi connectivity index (χ0) is 16.4. The standard InChI is InChI=1S/C19H14N2O2S/c22-24(23)18-13-7-4-10-15(18)19(14-8-2-1-3-9-14)20-16-11-5-6-12-17(16)21(19)24/h1-13,20H. The number of fused-ring (bicyclic) bond motifs is 5. The third kappa shape index (κ3) is 1.45. The van der Waals surface area contributed by atoms with Gasteiger partial charge in [0.1, 0.15) is 0 Å². The molecule has 0 saturated carbocycles. The molecule has 24 heavy (non-hydrogen) atoms. The Hall–Kier alpha value is -2.79. The van der Waals surface area contributed by atoms with E-state index < -0.39 is 15.7 Å². The van der Waals surface area contributed by atoms with Gasteiger partial charge in [-0.1, -0.05) is 60.7 Å². The average molecular weight is 334 g/mol. The quantitative estimate of drug-likeness (QED) is 0.741. The van der Waals surface area contributed by atoms with Crippen molar-refractivity contribution in [3.05, 3.63) is 90.0 Å². The molecular weight excluding hydrogens is 320 g/mol. The summed E-state index contributed by atoms with van der Waals surface area (Å²) in [7, 11) is -3.63. The van der Waals surface area contributed by atoms with E-state index in [0.717, 1.165) is 16.8 Å². The van der Waals surface area contributed by atoms with E-state index in [4.69, 9.17) is 0 Å². The molecule has 1 unspecified atom stereocenters. The lowest BCUT2D eigenvalue weighted by atomic mass is 9.92. The highest BCUT2D eigenvalue weighted by atomic mass is 32.2. The SMILES string of the molecule is O=S1(=O)c2ccccc2C2(c3ccccc3)Nc3ccccc3N21. The Bertz CT molecular complexity index is 1060. The minimum Gasteiger partial charge on any atom is -0.353 e. The molecule has 0 saturated heterocycles. The van der Waals surface area contributed by atoms with Crippen LogP contribution in [0.5, 0.6) is 0 Å². The van der Waals surface area contributed by atoms with Gasteiger partial charge in [-0.25, -0.2) is 12.7 Å². The number of rotatable bonds is 1. The van der Waals surface area contributed by atoms with Crippen LogP contribution in [-0.4, -0.2) is 8.42 Å². The number of para-hydroxylation sites is 2. The molecule has 0 amide bonds. The Morgan fingerprint density at radius 3 is 2.29 bits per heavy atom. The van der Waals surface area contributed by atoms with Crippen molar-refractivity contribution >= 4 is 21.4 Å². The van der Waals surface area contributed by atoms with Crippen molar-refractivity contribution in [3.8, 4) is 0 Å². The molecule has 4 nitrogen and oxygen atoms in total. The summed E-state index contributed by atoms with van der Waals surface area (Å²) in [5.41, 5.74) is 2.22. The van der Waals surface area contributed by atoms with Gasteiger partial charge in [-0.3, -0.25) is 0 Å². The summed E-state index contributed by atoms with van der Waals surface area (Å²) in [5, 5.41) is 3.48. The Morgan fingerprint density at radius 2 is 1.46 bits per heavy atom. The van der Waals surface area contributed by atoms with Gasteiger partial charge in [-0.2, -0.15) is 0 Å². The molecule has 0 spiro atoms. The van der Waals surface area contributed by atoms with Gasteiger partial charge in [0, 0.05) is 11.1 Å². The fourth-order valence-corrected chi connectivity index (χ4v) is 5.75. The molecule has 0 fully saturated rings. The van der Waals surface area contributed by atoms with Crippen LogP contribution in [-0.2, 0) is 15.7 Å². The van der Waals surface area contributed by atoms with E-state index in [2.05, 4.69) is 5.32 Å². The molecule has 0 bridgehead atoms. The normalized spacial score (nSPS) is 22.4. The van der Waals surface area contributed by atoms with Crippen LogP contribution in [0.3, 0.4) is 0 Å². The van der Waals surface area contributed by atoms with Crippen molar-refractivity contribution in [2.24, 2.45) is 0 Å². The zero-order valence-electron chi connectivity index (χ0n) is 12.7. The molecule has 3 aromatic carbocycles. The lowest BCUT2D eigenvalue weighted by molar-refractivity contribution is 0.582. The van der Waals surface area contributed by atoms with Gasteiger partial charge in [0.2, 0.25) is 0 Å². The molecule has 5 heteroatoms. The van der Waals surface area contributed by atoms with Crippen molar-refractivity contribution in [3.63, 3.8) is 0 Å². The maximum atomic E-state index is 13.3. The minimum atomic E-state index is -3.63. The minimum absolute atomic E-state index is 0.357. The largest absolute Gasteiger partial charge is 0.353 e. The molecule has 1 N–H and O–H groups in total. The molecule has 0 radical (unpaired) electrons. The first-order chi connectivity index (χ1) is 11.7. The second kappa shape index (κ2) is 4.39. The fourth-order valence-electron chi connectivity index (χ4n) is 3.78. The van der Waals surface area contributed by atoms with Gasteiger partial charge < -0.3 is 5.32 Å². The summed E-state index contributed by atoms with van der Waals surface area (Å²) in [4.78, 5) is 0.357. The second-order valence-corrected chi connectivity index (χ2v) is 7.74. The highest BCUT2D eigenvalue weighted by Crippen LogP contribution is 2.56. The average Bonchev–Trinajstić information content (AvgIpc) is 3.07. The van der Waals surface area contributed by atoms with Gasteiger partial charge in [-0.15, -0.1) is 0 Å². The molecule has 0 aromatic heterocycles. The first-order valence-corrected chi connectivity index (χ1v) is 9.17. The van der Waals surface area contributed by atoms with E-state index in [1.165, 1.54) is 4.31 Å². The zero-order valence-corrected chi connectivity index (χ0v) is 13.5. The second-order valence-electron chi connectivity index (χ2n) is 5.98. The molecule has 3 aromatic rings. The number of hydrogen-bond acceptors (Lipinski definition) is 3. The van der Waals surface area contributed by atoms with Crippen LogP contribution in [0.4, 0.5) is 11.4 Å². The topological polar surface area (TPSA) is 49.4 Å². The monoisotopic (exact) mass is 334 g/mol. The van der Waals surface area contributed by atoms with Crippen molar-refractivity contribution in [1.29, 1.82) is 0 Å². The predicted molar refractivity (Wildman–Crippen MR) is 93.4 cm³/mol. The Morgan fingerprint density at radius 1 is 0.792 bits per heavy atom. The van der Waals surface area contributed by atoms with E-state index in [0.29, 0.717) is 10.6 Å². The van der Waals surface area contributed by atoms with Crippen molar-refractivity contribution in [2.75, 3.05) is 9.62 Å². The van der Waals surface area contributed by atoms with E-state index in [9.17, 15) is 8.42 Å². The summed E-state index contributed by atoms with van der Waals surface area (Å²) in [6.45, 7) is 0. The Labute approximate surface area is 140 Å². The Kier molecular flexibility index (Phi) is 2.49. The molecule has 1 atom stereocenters. The van der Waals surface area contributed by atoms with E-state index >= 15 is 0 Å². The molecule has 0 aliphatic carbocycles. The van der Waals surface area contributed by atoms with Crippen LogP contribution in [0.2, 0.25) is 0 Å². The van der Waals surface area contributed by atoms with Crippen molar-refractivity contribution < 1.29 is 8.42 Å². The first-order valence-electron chi connectivity index (χ1n) is 7.73. The summed E-state index contributed by atoms with van der Waals surface area (Å²) < 4.78 is 28.1. The summed E-state index contributed by atoms with van der Waals surface area (Å²) in [6, 6.07) is 24.5. The van der Waals surface area contributed by atoms with Crippen molar-refractivity contribution in [1.82, 2.24) is 0 Å². The maximum Gasteiger partial charge on any atom is 0.267 e. The van der Waals surface area contributed by atoms with Crippen LogP contribution in [0.25, 0.3) is 0 Å². The highest BCUT2D eigenvalue weighted by molar-refractivity contribution is 7.93. The van der Waals surface area contributed by atoms with Gasteiger partial charge in [0.25, 0.3) is 10.0 Å². The summed E-state index contributed by atoms with van der Waals surface area (Å²) in [5.74, 6) is 0. The fraction of sp³-hybridized carbons (Fsp3) is 0.0526. The first kappa shape index (κ1) is 13.6. The van der Waals surface area contributed by atoms with Crippen LogP contribution >= 0.6 is 0 Å². The lowest BCUT2D eigenvalue weighted by Crippen LogP contribution is -2.46. The number of sulfonamides is 1. The van der Waals surface area contributed by atoms with Gasteiger partial charge in [-0.05, 0) is 18.2 Å². The number of anilines is 2. The predicted octanol–water partition coefficient (Wildman–Crippen LogP) is 3.52. The molecule has 2 aliphatic heterocycles. The third-order valence-electron chi connectivity index (χ3n) is 4.73. The van der Waals surface area contributed by atoms with E-state index in [-0.39, 0.29) is 0 Å². The number of nitrogens with zero attached hydrogens (tertiary/aromatic N) is 1. The molecule has 2 heterocycles. The number of hydrogen-bond donors (Lipinski definition) is 1. The van der Waals surface area contributed by atoms with Crippen LogP contribution in [0, 0.1) is 0 Å². The molecule has 2 aliphatic rings. The van der Waals surface area contributed by atoms with Gasteiger partial charge >= 0.3 is 0 Å². The molecule has 5 rings (SSSR count). The highest BCUT2D eigenvalue weighted by Gasteiger charge is 2.59. The van der Waals surface area contributed by atoms with Crippen LogP contribution < -0.4 is 9.62 Å². The van der Waals surface area contributed by atoms with Crippen LogP contribution in [0.15, 0.2) is 83.8 Å². The number of nitrogens with one attached hydrogen (secondary N) is 1. The van der Waals surface area contributed by atoms with E-state index in [1.54, 1.807) is 12.1 Å². The van der Waals surface area contributed by atoms with Crippen molar-refractivity contribution in [2.45, 2.75) is 10.6 Å². The molecular formula is C19H14N2O2S. The van der Waals surface area contributed by atoms with Gasteiger partial charge in [0.05, 0.1) is 16.3 Å². The third-order valence-corrected chi connectivity index (χ3v) is 6.59. The summed E-state index contributed by atoms with van der Waals surface area (Å²) in [6.07, 6.45) is 0. The van der Waals surface area contributed by atoms with E-state index in [1.807, 2.05) is 66.7 Å². The summed E-state index contributed by atoms with van der Waals surface area (Å²) >= 11 is 0.